The van der Waals surface area contributed by atoms with Gasteiger partial charge in [-0.25, -0.2) is 4.40 Å². The molecule has 10 heteroatoms. The summed E-state index contributed by atoms with van der Waals surface area (Å²) in [5, 5.41) is 19.4. The molecule has 1 aromatic carbocycles. The smallest absolute Gasteiger partial charge is 0.248 e. The summed E-state index contributed by atoms with van der Waals surface area (Å²) < 4.78 is 16.0. The molecule has 0 bridgehead atoms. The number of anilines is 1. The maximum atomic E-state index is 11.8. The molecule has 1 aromatic heterocycles. The van der Waals surface area contributed by atoms with Crippen LogP contribution in [0, 0.1) is 11.3 Å². The lowest BCUT2D eigenvalue weighted by molar-refractivity contribution is -0.133. The van der Waals surface area contributed by atoms with Gasteiger partial charge in [0.2, 0.25) is 5.91 Å². The van der Waals surface area contributed by atoms with Crippen molar-refractivity contribution in [2.45, 2.75) is 24.0 Å². The number of allylic oxidation sites excluding steroid dienone is 7. The van der Waals surface area contributed by atoms with E-state index in [1.165, 1.54) is 17.6 Å². The third kappa shape index (κ3) is 6.82. The summed E-state index contributed by atoms with van der Waals surface area (Å²) in [5.74, 6) is 0.202. The Morgan fingerprint density at radius 1 is 1.27 bits per heavy atom. The van der Waals surface area contributed by atoms with Crippen molar-refractivity contribution in [3.8, 4) is 17.3 Å². The summed E-state index contributed by atoms with van der Waals surface area (Å²) in [6, 6.07) is 12.8. The second kappa shape index (κ2) is 13.5. The zero-order valence-electron chi connectivity index (χ0n) is 22.8. The number of amides is 1. The molecule has 4 heterocycles. The van der Waals surface area contributed by atoms with Crippen LogP contribution in [-0.4, -0.2) is 79.2 Å². The number of aromatic amines is 1. The van der Waals surface area contributed by atoms with Crippen molar-refractivity contribution in [1.82, 2.24) is 9.88 Å². The van der Waals surface area contributed by atoms with Gasteiger partial charge in [0.1, 0.15) is 23.5 Å². The van der Waals surface area contributed by atoms with Gasteiger partial charge >= 0.3 is 0 Å². The highest BCUT2D eigenvalue weighted by molar-refractivity contribution is 7.98. The van der Waals surface area contributed by atoms with Gasteiger partial charge in [-0.1, -0.05) is 30.9 Å². The molecule has 212 valence electrons. The SMILES string of the molecule is C=C/C(=C\C=C(/CC#N)OC1CCN(C(=O)CO)C1)C1=CC=NSc2[nH]c(-c3ccc(N4CCOCC4)cc3)cc21. The maximum Gasteiger partial charge on any atom is 0.248 e. The highest BCUT2D eigenvalue weighted by Gasteiger charge is 2.27. The minimum atomic E-state index is -0.516. The van der Waals surface area contributed by atoms with Gasteiger partial charge in [-0.05, 0) is 47.1 Å². The summed E-state index contributed by atoms with van der Waals surface area (Å²) in [5.41, 5.74) is 6.08. The summed E-state index contributed by atoms with van der Waals surface area (Å²) >= 11 is 1.39. The number of likely N-dealkylation sites (tertiary alicyclic amines) is 1. The largest absolute Gasteiger partial charge is 0.492 e. The molecule has 2 saturated heterocycles. The van der Waals surface area contributed by atoms with Crippen LogP contribution in [0.15, 0.2) is 82.0 Å². The van der Waals surface area contributed by atoms with Gasteiger partial charge in [0.25, 0.3) is 0 Å². The Kier molecular flexibility index (Phi) is 9.41. The second-order valence-electron chi connectivity index (χ2n) is 9.82. The lowest BCUT2D eigenvalue weighted by atomic mass is 9.98. The number of nitriles is 1. The third-order valence-electron chi connectivity index (χ3n) is 7.26. The molecule has 1 unspecified atom stereocenters. The van der Waals surface area contributed by atoms with Crippen molar-refractivity contribution in [3.63, 3.8) is 0 Å². The monoisotopic (exact) mass is 571 g/mol. The number of aliphatic hydroxyl groups excluding tert-OH is 1. The molecule has 1 atom stereocenters. The number of benzene rings is 1. The molecule has 41 heavy (non-hydrogen) atoms. The number of nitrogens with one attached hydrogen (secondary N) is 1. The number of nitrogens with zero attached hydrogens (tertiary/aromatic N) is 4. The van der Waals surface area contributed by atoms with E-state index in [0.717, 1.165) is 59.3 Å². The van der Waals surface area contributed by atoms with Gasteiger partial charge in [-0.2, -0.15) is 5.26 Å². The number of carbonyl (C=O) groups excluding carboxylic acids is 1. The zero-order valence-corrected chi connectivity index (χ0v) is 23.6. The summed E-state index contributed by atoms with van der Waals surface area (Å²) in [7, 11) is 0. The first-order valence-electron chi connectivity index (χ1n) is 13.6. The molecule has 2 N–H and O–H groups in total. The van der Waals surface area contributed by atoms with Crippen molar-refractivity contribution in [3.05, 3.63) is 78.1 Å². The van der Waals surface area contributed by atoms with Crippen LogP contribution in [0.25, 0.3) is 16.8 Å². The Bertz CT molecular complexity index is 1430. The highest BCUT2D eigenvalue weighted by atomic mass is 32.2. The fourth-order valence-electron chi connectivity index (χ4n) is 5.10. The summed E-state index contributed by atoms with van der Waals surface area (Å²) in [6.07, 6.45) is 9.72. The molecular weight excluding hydrogens is 538 g/mol. The number of carbonyl (C=O) groups is 1. The molecular formula is C31H33N5O4S. The van der Waals surface area contributed by atoms with Crippen LogP contribution in [0.3, 0.4) is 0 Å². The van der Waals surface area contributed by atoms with Crippen LogP contribution >= 0.6 is 11.9 Å². The lowest BCUT2D eigenvalue weighted by Crippen LogP contribution is -2.36. The van der Waals surface area contributed by atoms with Gasteiger partial charge in [0.15, 0.2) is 0 Å². The first-order chi connectivity index (χ1) is 20.1. The molecule has 0 spiro atoms. The third-order valence-corrected chi connectivity index (χ3v) is 7.99. The van der Waals surface area contributed by atoms with Crippen molar-refractivity contribution < 1.29 is 19.4 Å². The Morgan fingerprint density at radius 3 is 2.80 bits per heavy atom. The van der Waals surface area contributed by atoms with Gasteiger partial charge < -0.3 is 29.4 Å². The Balaban J connectivity index is 1.36. The van der Waals surface area contributed by atoms with Crippen molar-refractivity contribution in [2.24, 2.45) is 4.40 Å². The predicted octanol–water partition coefficient (Wildman–Crippen LogP) is 4.51. The standard InChI is InChI=1S/C31H33N5O4S/c1-2-22(5-8-25(9-12-32)40-26-11-14-36(20-26)30(38)21-37)27-10-13-33-41-31-28(27)19-29(34-31)23-3-6-24(7-4-23)35-15-17-39-18-16-35/h2-8,10,13,19,26,34,37H,1,9,11,14-18,20-21H2/b22-5+,25-8+. The average molecular weight is 572 g/mol. The van der Waals surface area contributed by atoms with Crippen LogP contribution in [0.4, 0.5) is 5.69 Å². The molecule has 0 aliphatic carbocycles. The average Bonchev–Trinajstić information content (AvgIpc) is 3.61. The molecule has 3 aliphatic heterocycles. The number of aromatic nitrogens is 1. The van der Waals surface area contributed by atoms with Crippen LogP contribution in [0.5, 0.6) is 0 Å². The van der Waals surface area contributed by atoms with Gasteiger partial charge in [-0.3, -0.25) is 4.79 Å². The maximum absolute atomic E-state index is 11.8. The minimum Gasteiger partial charge on any atom is -0.492 e. The van der Waals surface area contributed by atoms with E-state index >= 15 is 0 Å². The Morgan fingerprint density at radius 2 is 2.07 bits per heavy atom. The van der Waals surface area contributed by atoms with Gasteiger partial charge in [0.05, 0.1) is 32.2 Å². The van der Waals surface area contributed by atoms with E-state index in [2.05, 4.69) is 57.3 Å². The Labute approximate surface area is 244 Å². The van der Waals surface area contributed by atoms with E-state index < -0.39 is 6.61 Å². The molecule has 9 nitrogen and oxygen atoms in total. The summed E-state index contributed by atoms with van der Waals surface area (Å²) in [4.78, 5) is 19.2. The number of hydrogen-bond acceptors (Lipinski definition) is 8. The van der Waals surface area contributed by atoms with Gasteiger partial charge in [0, 0.05) is 61.2 Å². The molecule has 0 radical (unpaired) electrons. The summed E-state index contributed by atoms with van der Waals surface area (Å²) in [6.45, 7) is 7.73. The highest BCUT2D eigenvalue weighted by Crippen LogP contribution is 2.38. The van der Waals surface area contributed by atoms with Crippen LogP contribution in [0.2, 0.25) is 0 Å². The second-order valence-corrected chi connectivity index (χ2v) is 10.6. The fraction of sp³-hybridized carbons (Fsp3) is 0.323. The number of hydrogen-bond donors (Lipinski definition) is 2. The van der Waals surface area contributed by atoms with Crippen molar-refractivity contribution in [1.29, 1.82) is 5.26 Å². The molecule has 2 fully saturated rings. The molecule has 0 saturated carbocycles. The number of H-pyrrole nitrogens is 1. The lowest BCUT2D eigenvalue weighted by Gasteiger charge is -2.28. The van der Waals surface area contributed by atoms with Crippen LogP contribution in [0.1, 0.15) is 18.4 Å². The first kappa shape index (κ1) is 28.5. The number of aliphatic hydroxyl groups is 1. The predicted molar refractivity (Wildman–Crippen MR) is 161 cm³/mol. The quantitative estimate of drug-likeness (QED) is 0.259. The number of ether oxygens (including phenoxy) is 2. The number of morpholine rings is 1. The minimum absolute atomic E-state index is 0.0989. The topological polar surface area (TPSA) is 114 Å². The van der Waals surface area contributed by atoms with E-state index in [4.69, 9.17) is 14.6 Å². The first-order valence-corrected chi connectivity index (χ1v) is 14.4. The normalized spacial score (nSPS) is 19.3. The number of fused-ring (bicyclic) bond motifs is 1. The van der Waals surface area contributed by atoms with E-state index in [0.29, 0.717) is 25.3 Å². The zero-order chi connectivity index (χ0) is 28.6. The van der Waals surface area contributed by atoms with E-state index in [-0.39, 0.29) is 18.4 Å². The molecule has 3 aliphatic rings. The van der Waals surface area contributed by atoms with E-state index in [1.807, 2.05) is 12.2 Å². The van der Waals surface area contributed by atoms with E-state index in [9.17, 15) is 10.1 Å². The number of rotatable bonds is 9. The fourth-order valence-corrected chi connectivity index (χ4v) is 5.75. The molecule has 2 aromatic rings. The van der Waals surface area contributed by atoms with Crippen molar-refractivity contribution in [2.75, 3.05) is 50.9 Å². The Hall–Kier alpha value is -4.04. The molecule has 1 amide bonds. The van der Waals surface area contributed by atoms with E-state index in [1.54, 1.807) is 23.3 Å². The van der Waals surface area contributed by atoms with Crippen LogP contribution < -0.4 is 4.90 Å². The van der Waals surface area contributed by atoms with Crippen molar-refractivity contribution >= 4 is 35.3 Å². The van der Waals surface area contributed by atoms with Gasteiger partial charge in [-0.15, -0.1) is 0 Å². The van der Waals surface area contributed by atoms with Crippen LogP contribution in [-0.2, 0) is 14.3 Å². The molecule has 5 rings (SSSR count).